The molecule has 0 bridgehead atoms. The van der Waals surface area contributed by atoms with Crippen molar-refractivity contribution in [2.45, 2.75) is 6.18 Å². The minimum absolute atomic E-state index is 0.00531. The van der Waals surface area contributed by atoms with Crippen molar-refractivity contribution < 1.29 is 27.6 Å². The molecule has 3 aromatic carbocycles. The number of alkyl halides is 3. The van der Waals surface area contributed by atoms with E-state index in [1.807, 2.05) is 0 Å². The number of hydrogen-bond donors (Lipinski definition) is 1. The molecule has 9 heteroatoms. The summed E-state index contributed by atoms with van der Waals surface area (Å²) in [4.78, 5) is 23.3. The van der Waals surface area contributed by atoms with Crippen LogP contribution in [0.1, 0.15) is 16.7 Å². The van der Waals surface area contributed by atoms with Crippen molar-refractivity contribution in [1.29, 1.82) is 0 Å². The van der Waals surface area contributed by atoms with Gasteiger partial charge in [-0.2, -0.15) is 13.2 Å². The van der Waals surface area contributed by atoms with Crippen LogP contribution in [0.4, 0.5) is 18.9 Å². The number of Topliss-reactive ketones (excluding diaryl/α,β-unsaturated/α-hetero) is 1. The predicted molar refractivity (Wildman–Crippen MR) is 107 cm³/mol. The van der Waals surface area contributed by atoms with E-state index in [4.69, 9.17) is 10.5 Å². The van der Waals surface area contributed by atoms with Crippen molar-refractivity contribution in [2.24, 2.45) is 5.73 Å². The topological polar surface area (TPSA) is 95.5 Å². The van der Waals surface area contributed by atoms with E-state index >= 15 is 0 Å². The number of non-ortho nitro benzene ring substituents is 1. The number of ether oxygens (including phenoxy) is 1. The maximum Gasteiger partial charge on any atom is 0.416 e. The van der Waals surface area contributed by atoms with Gasteiger partial charge in [0.05, 0.1) is 16.1 Å². The number of fused-ring (bicyclic) bond motifs is 1. The van der Waals surface area contributed by atoms with Gasteiger partial charge in [-0.15, -0.1) is 0 Å². The molecule has 2 N–H and O–H groups in total. The Morgan fingerprint density at radius 2 is 1.77 bits per heavy atom. The number of nitrogens with two attached hydrogens (primary N) is 1. The van der Waals surface area contributed by atoms with Crippen LogP contribution in [0.2, 0.25) is 0 Å². The summed E-state index contributed by atoms with van der Waals surface area (Å²) in [6.45, 7) is 0. The van der Waals surface area contributed by atoms with Gasteiger partial charge in [-0.05, 0) is 46.2 Å². The van der Waals surface area contributed by atoms with E-state index in [-0.39, 0.29) is 28.5 Å². The first-order valence-electron chi connectivity index (χ1n) is 8.94. The van der Waals surface area contributed by atoms with E-state index in [1.54, 1.807) is 24.3 Å². The first kappa shape index (κ1) is 20.1. The van der Waals surface area contributed by atoms with Crippen LogP contribution in [0.25, 0.3) is 22.4 Å². The average molecular weight is 426 g/mol. The molecule has 0 radical (unpaired) electrons. The Morgan fingerprint density at radius 1 is 1.03 bits per heavy atom. The van der Waals surface area contributed by atoms with Crippen molar-refractivity contribution in [3.8, 4) is 0 Å². The summed E-state index contributed by atoms with van der Waals surface area (Å²) in [6, 6.07) is 13.6. The fourth-order valence-electron chi connectivity index (χ4n) is 3.35. The lowest BCUT2D eigenvalue weighted by Crippen LogP contribution is -2.07. The molecule has 0 unspecified atom stereocenters. The lowest BCUT2D eigenvalue weighted by atomic mass is 9.98. The van der Waals surface area contributed by atoms with Gasteiger partial charge >= 0.3 is 6.18 Å². The molecule has 0 spiro atoms. The number of carbonyl (C=O) groups is 1. The van der Waals surface area contributed by atoms with E-state index in [0.717, 1.165) is 12.1 Å². The highest BCUT2D eigenvalue weighted by Crippen LogP contribution is 2.36. The fourth-order valence-corrected chi connectivity index (χ4v) is 3.35. The number of ketones is 1. The number of carbonyl (C=O) groups excluding carboxylic acids is 1. The van der Waals surface area contributed by atoms with Crippen LogP contribution >= 0.6 is 0 Å². The molecule has 156 valence electrons. The molecule has 0 saturated heterocycles. The van der Waals surface area contributed by atoms with Gasteiger partial charge in [0.1, 0.15) is 0 Å². The predicted octanol–water partition coefficient (Wildman–Crippen LogP) is 5.03. The van der Waals surface area contributed by atoms with Gasteiger partial charge in [-0.25, -0.2) is 0 Å². The van der Waals surface area contributed by atoms with Crippen LogP contribution in [0.3, 0.4) is 0 Å². The molecule has 1 aliphatic heterocycles. The Morgan fingerprint density at radius 3 is 2.48 bits per heavy atom. The molecule has 0 aliphatic carbocycles. The normalized spacial score (nSPS) is 15.6. The van der Waals surface area contributed by atoms with Crippen LogP contribution in [-0.2, 0) is 15.7 Å². The largest absolute Gasteiger partial charge is 0.437 e. The summed E-state index contributed by atoms with van der Waals surface area (Å²) in [5.41, 5.74) is 5.19. The maximum absolute atomic E-state index is 13.0. The molecule has 1 heterocycles. The van der Waals surface area contributed by atoms with E-state index < -0.39 is 22.4 Å². The van der Waals surface area contributed by atoms with Gasteiger partial charge in [-0.3, -0.25) is 14.9 Å². The summed E-state index contributed by atoms with van der Waals surface area (Å²) in [5.74, 6) is -1.11. The fraction of sp³-hybridized carbons (Fsp3) is 0.0455. The Kier molecular flexibility index (Phi) is 4.73. The average Bonchev–Trinajstić information content (AvgIpc) is 3.00. The van der Waals surface area contributed by atoms with Crippen molar-refractivity contribution in [1.82, 2.24) is 0 Å². The summed E-state index contributed by atoms with van der Waals surface area (Å²) >= 11 is 0. The second kappa shape index (κ2) is 7.28. The third-order valence-electron chi connectivity index (χ3n) is 4.79. The van der Waals surface area contributed by atoms with Crippen LogP contribution in [0.15, 0.2) is 72.3 Å². The van der Waals surface area contributed by atoms with Gasteiger partial charge in [-0.1, -0.05) is 30.3 Å². The van der Waals surface area contributed by atoms with Gasteiger partial charge in [0.25, 0.3) is 5.69 Å². The third kappa shape index (κ3) is 3.73. The number of benzene rings is 3. The molecule has 4 rings (SSSR count). The number of nitro groups is 1. The van der Waals surface area contributed by atoms with Crippen LogP contribution in [0.5, 0.6) is 0 Å². The molecule has 0 aromatic heterocycles. The molecular formula is C22H13F3N2O4. The molecular weight excluding hydrogens is 413 g/mol. The number of nitrogens with zero attached hydrogens (tertiary/aromatic N) is 1. The van der Waals surface area contributed by atoms with E-state index in [2.05, 4.69) is 0 Å². The number of allylic oxidation sites excluding steroid dienone is 1. The molecule has 0 saturated carbocycles. The quantitative estimate of drug-likeness (QED) is 0.360. The van der Waals surface area contributed by atoms with Crippen LogP contribution < -0.4 is 5.73 Å². The van der Waals surface area contributed by atoms with E-state index in [1.165, 1.54) is 30.3 Å². The summed E-state index contributed by atoms with van der Waals surface area (Å²) in [6.07, 6.45) is -3.16. The lowest BCUT2D eigenvalue weighted by molar-refractivity contribution is -0.384. The van der Waals surface area contributed by atoms with Crippen LogP contribution in [-0.4, -0.2) is 10.7 Å². The number of hydrogen-bond acceptors (Lipinski definition) is 5. The second-order valence-electron chi connectivity index (χ2n) is 6.77. The van der Waals surface area contributed by atoms with Gasteiger partial charge in [0.2, 0.25) is 11.7 Å². The third-order valence-corrected chi connectivity index (χ3v) is 4.79. The van der Waals surface area contributed by atoms with E-state index in [9.17, 15) is 28.1 Å². The standard InChI is InChI=1S/C22H13F3N2O4/c23-22(24,25)15-6-2-5-14(9-15)19-20(28)18(31-21(19)26)11-13-4-1-3-12-10-16(27(29)30)7-8-17(12)13/h1-11H,26H2/b18-11+. The number of nitro benzene ring substituents is 1. The molecule has 6 nitrogen and oxygen atoms in total. The van der Waals surface area contributed by atoms with Gasteiger partial charge < -0.3 is 10.5 Å². The van der Waals surface area contributed by atoms with Gasteiger partial charge in [0, 0.05) is 12.1 Å². The smallest absolute Gasteiger partial charge is 0.416 e. The van der Waals surface area contributed by atoms with Crippen molar-refractivity contribution >= 4 is 33.9 Å². The SMILES string of the molecule is NC1=C(c2cccc(C(F)(F)F)c2)C(=O)/C(=C\c2cccc3cc([N+](=O)[O-])ccc23)O1. The Labute approximate surface area is 173 Å². The summed E-state index contributed by atoms with van der Waals surface area (Å²) in [5, 5.41) is 12.2. The maximum atomic E-state index is 13.0. The molecule has 1 aliphatic rings. The minimum Gasteiger partial charge on any atom is -0.437 e. The zero-order valence-electron chi connectivity index (χ0n) is 15.6. The molecule has 31 heavy (non-hydrogen) atoms. The minimum atomic E-state index is -4.57. The first-order chi connectivity index (χ1) is 14.6. The monoisotopic (exact) mass is 426 g/mol. The second-order valence-corrected chi connectivity index (χ2v) is 6.77. The van der Waals surface area contributed by atoms with Crippen LogP contribution in [0, 0.1) is 10.1 Å². The Bertz CT molecular complexity index is 1310. The molecule has 3 aromatic rings. The lowest BCUT2D eigenvalue weighted by Gasteiger charge is -2.08. The van der Waals surface area contributed by atoms with E-state index in [0.29, 0.717) is 16.3 Å². The van der Waals surface area contributed by atoms with Crippen molar-refractivity contribution in [3.63, 3.8) is 0 Å². The Balaban J connectivity index is 1.73. The zero-order chi connectivity index (χ0) is 22.3. The first-order valence-corrected chi connectivity index (χ1v) is 8.94. The highest BCUT2D eigenvalue weighted by atomic mass is 19.4. The summed E-state index contributed by atoms with van der Waals surface area (Å²) < 4.78 is 44.4. The molecule has 0 atom stereocenters. The van der Waals surface area contributed by atoms with Crippen molar-refractivity contribution in [2.75, 3.05) is 0 Å². The molecule has 0 amide bonds. The number of halogens is 3. The van der Waals surface area contributed by atoms with Crippen molar-refractivity contribution in [3.05, 3.63) is 99.1 Å². The molecule has 0 fully saturated rings. The summed E-state index contributed by atoms with van der Waals surface area (Å²) in [7, 11) is 0. The Hall–Kier alpha value is -4.14. The number of rotatable bonds is 3. The zero-order valence-corrected chi connectivity index (χ0v) is 15.6. The van der Waals surface area contributed by atoms with Gasteiger partial charge in [0.15, 0.2) is 5.76 Å². The highest BCUT2D eigenvalue weighted by Gasteiger charge is 2.34. The highest BCUT2D eigenvalue weighted by molar-refractivity contribution is 6.31.